The van der Waals surface area contributed by atoms with E-state index in [1.807, 2.05) is 12.1 Å². The fourth-order valence-electron chi connectivity index (χ4n) is 6.35. The molecule has 2 fully saturated rings. The van der Waals surface area contributed by atoms with Crippen molar-refractivity contribution in [2.24, 2.45) is 16.8 Å². The SMILES string of the molecule is CC(C)c1cccc(C(C)C)c1N=Cc1[c-]cc(OCCO[C@@H]2CC(CO)[C@@H](O[C@@H]3CC(CO)[C@H](O)[C@H](O)C3O)[C@H](O)C2O)cc1.[Cl][Pd+]. The Kier molecular flexibility index (Phi) is 16.9. The molecule has 2 aromatic carbocycles. The molecule has 2 saturated carbocycles. The summed E-state index contributed by atoms with van der Waals surface area (Å²) >= 11 is 2.22. The Hall–Kier alpha value is -1.50. The van der Waals surface area contributed by atoms with Gasteiger partial charge in [-0.15, -0.1) is 29.8 Å². The van der Waals surface area contributed by atoms with E-state index < -0.39 is 67.3 Å². The van der Waals surface area contributed by atoms with E-state index in [2.05, 4.69) is 79.7 Å². The number of aliphatic hydroxyl groups excluding tert-OH is 7. The van der Waals surface area contributed by atoms with Gasteiger partial charge in [0.1, 0.15) is 24.4 Å². The predicted molar refractivity (Wildman–Crippen MR) is 177 cm³/mol. The van der Waals surface area contributed by atoms with Gasteiger partial charge in [0, 0.05) is 30.8 Å². The van der Waals surface area contributed by atoms with Crippen LogP contribution in [0.1, 0.15) is 69.1 Å². The van der Waals surface area contributed by atoms with Gasteiger partial charge in [0.25, 0.3) is 0 Å². The average Bonchev–Trinajstić information content (AvgIpc) is 3.09. The number of hydrogen-bond donors (Lipinski definition) is 7. The van der Waals surface area contributed by atoms with Crippen molar-refractivity contribution < 1.29 is 68.1 Å². The fraction of sp³-hybridized carbons (Fsp3) is 0.629. The van der Waals surface area contributed by atoms with E-state index in [4.69, 9.17) is 19.2 Å². The number of nitrogens with zero attached hydrogens (tertiary/aromatic N) is 1. The first kappa shape index (κ1) is 40.9. The van der Waals surface area contributed by atoms with Crippen LogP contribution >= 0.6 is 9.53 Å². The summed E-state index contributed by atoms with van der Waals surface area (Å²) in [6.07, 6.45) is -8.03. The number of para-hydroxylation sites is 1. The van der Waals surface area contributed by atoms with Crippen molar-refractivity contribution in [2.45, 2.75) is 101 Å². The van der Waals surface area contributed by atoms with Gasteiger partial charge >= 0.3 is 27.7 Å². The van der Waals surface area contributed by atoms with Crippen molar-refractivity contribution in [1.29, 1.82) is 0 Å². The molecule has 0 radical (unpaired) electrons. The van der Waals surface area contributed by atoms with Gasteiger partial charge in [0.2, 0.25) is 0 Å². The van der Waals surface area contributed by atoms with Crippen molar-refractivity contribution in [2.75, 3.05) is 26.4 Å². The van der Waals surface area contributed by atoms with Crippen LogP contribution in [0.2, 0.25) is 0 Å². The predicted octanol–water partition coefficient (Wildman–Crippen LogP) is 2.52. The molecule has 2 aliphatic rings. The molecular weight excluding hydrogens is 736 g/mol. The maximum atomic E-state index is 10.9. The Morgan fingerprint density at radius 3 is 1.98 bits per heavy atom. The molecule has 2 aromatic rings. The fourth-order valence-corrected chi connectivity index (χ4v) is 6.35. The van der Waals surface area contributed by atoms with Gasteiger partial charge in [-0.3, -0.25) is 0 Å². The van der Waals surface area contributed by atoms with Gasteiger partial charge in [-0.25, -0.2) is 0 Å². The second-order valence-electron chi connectivity index (χ2n) is 13.0. The van der Waals surface area contributed by atoms with E-state index >= 15 is 0 Å². The third-order valence-corrected chi connectivity index (χ3v) is 9.13. The van der Waals surface area contributed by atoms with Crippen molar-refractivity contribution in [3.05, 3.63) is 59.2 Å². The molecule has 0 saturated heterocycles. The summed E-state index contributed by atoms with van der Waals surface area (Å²) in [6.45, 7) is 8.10. The number of benzene rings is 2. The van der Waals surface area contributed by atoms with Crippen molar-refractivity contribution in [3.63, 3.8) is 0 Å². The van der Waals surface area contributed by atoms with Gasteiger partial charge in [-0.1, -0.05) is 45.9 Å². The maximum absolute atomic E-state index is 10.9. The molecule has 13 heteroatoms. The molecule has 0 heterocycles. The van der Waals surface area contributed by atoms with Crippen LogP contribution in [0, 0.1) is 17.9 Å². The zero-order chi connectivity index (χ0) is 35.5. The quantitative estimate of drug-likeness (QED) is 0.0691. The monoisotopic (exact) mass is 785 g/mol. The van der Waals surface area contributed by atoms with Crippen LogP contribution in [-0.2, 0) is 27.7 Å². The van der Waals surface area contributed by atoms with Crippen LogP contribution in [0.15, 0.2) is 41.4 Å². The van der Waals surface area contributed by atoms with Gasteiger partial charge in [-0.2, -0.15) is 0 Å². The van der Waals surface area contributed by atoms with E-state index in [9.17, 15) is 35.7 Å². The summed E-state index contributed by atoms with van der Waals surface area (Å²) in [5, 5.41) is 71.9. The minimum absolute atomic E-state index is 0.0288. The Balaban J connectivity index is 0.00000307. The van der Waals surface area contributed by atoms with E-state index in [0.29, 0.717) is 17.6 Å². The first-order valence-corrected chi connectivity index (χ1v) is 18.3. The standard InChI is InChI=1S/C35H50NO10.ClH.Pd/c1-19(2)25-6-5-7-26(20(3)4)29(25)36-16-21-8-10-24(11-9-21)44-12-13-45-27-15-23(18-38)35(34(43)31(27)40)46-28-14-22(17-37)30(39)33(42)32(28)41;;/h5-8,10-11,16,19-20,22-23,27-28,30-35,37-43H,12-15,17-18H2,1-4H3;1H;/q-1;;+2/p-1/t22?,23?,27-,28-,30+,31?,32?,33+,34-,35-;;/m1../s1. The summed E-state index contributed by atoms with van der Waals surface area (Å²) < 4.78 is 17.5. The summed E-state index contributed by atoms with van der Waals surface area (Å²) in [6, 6.07) is 14.9. The number of rotatable bonds is 13. The van der Waals surface area contributed by atoms with Crippen LogP contribution < -0.4 is 4.74 Å². The van der Waals surface area contributed by atoms with E-state index in [-0.39, 0.29) is 32.7 Å². The summed E-state index contributed by atoms with van der Waals surface area (Å²) in [7, 11) is 4.49. The molecule has 48 heavy (non-hydrogen) atoms. The summed E-state index contributed by atoms with van der Waals surface area (Å²) in [5.41, 5.74) is 4.20. The van der Waals surface area contributed by atoms with Crippen LogP contribution in [0.4, 0.5) is 5.69 Å². The van der Waals surface area contributed by atoms with Crippen molar-refractivity contribution >= 4 is 21.4 Å². The van der Waals surface area contributed by atoms with Crippen molar-refractivity contribution in [1.82, 2.24) is 0 Å². The molecule has 0 aromatic heterocycles. The number of halogens is 1. The van der Waals surface area contributed by atoms with Crippen molar-refractivity contribution in [3.8, 4) is 5.75 Å². The number of aliphatic hydroxyl groups is 7. The second kappa shape index (κ2) is 19.8. The van der Waals surface area contributed by atoms with E-state index in [0.717, 1.165) is 11.3 Å². The molecule has 0 bridgehead atoms. The minimum atomic E-state index is -1.54. The van der Waals surface area contributed by atoms with Gasteiger partial charge < -0.3 is 54.9 Å². The average molecular weight is 787 g/mol. The first-order valence-electron chi connectivity index (χ1n) is 16.3. The second-order valence-corrected chi connectivity index (χ2v) is 13.0. The molecule has 4 unspecified atom stereocenters. The molecule has 0 spiro atoms. The Labute approximate surface area is 297 Å². The molecule has 10 atom stereocenters. The van der Waals surface area contributed by atoms with Gasteiger partial charge in [0.05, 0.1) is 43.3 Å². The number of hydrogen-bond acceptors (Lipinski definition) is 11. The molecule has 272 valence electrons. The molecule has 2 aliphatic carbocycles. The first-order chi connectivity index (χ1) is 23.0. The Bertz CT molecular complexity index is 1240. The van der Waals surface area contributed by atoms with E-state index in [1.165, 1.54) is 11.1 Å². The molecule has 0 amide bonds. The molecule has 11 nitrogen and oxygen atoms in total. The van der Waals surface area contributed by atoms with Gasteiger partial charge in [-0.05, 0) is 42.0 Å². The van der Waals surface area contributed by atoms with Gasteiger partial charge in [0.15, 0.2) is 0 Å². The van der Waals surface area contributed by atoms with E-state index in [1.54, 1.807) is 12.3 Å². The third kappa shape index (κ3) is 10.3. The molecule has 7 N–H and O–H groups in total. The topological polar surface area (TPSA) is 182 Å². The Morgan fingerprint density at radius 2 is 1.42 bits per heavy atom. The normalized spacial score (nSPS) is 30.8. The summed E-state index contributed by atoms with van der Waals surface area (Å²) in [5.74, 6) is -0.100. The summed E-state index contributed by atoms with van der Waals surface area (Å²) in [4.78, 5) is 4.83. The zero-order valence-electron chi connectivity index (χ0n) is 27.7. The third-order valence-electron chi connectivity index (χ3n) is 9.13. The van der Waals surface area contributed by atoms with Crippen LogP contribution in [0.5, 0.6) is 5.75 Å². The van der Waals surface area contributed by atoms with Crippen LogP contribution in [0.25, 0.3) is 0 Å². The zero-order valence-corrected chi connectivity index (χ0v) is 30.0. The number of ether oxygens (including phenoxy) is 3. The Morgan fingerprint density at radius 1 is 0.812 bits per heavy atom. The molecular formula is C35H50ClNO10Pd. The molecule has 0 aliphatic heterocycles. The molecule has 4 rings (SSSR count). The number of aliphatic imine (C=N–C) groups is 1. The van der Waals surface area contributed by atoms with Crippen LogP contribution in [-0.4, -0.2) is 117 Å². The van der Waals surface area contributed by atoms with Crippen LogP contribution in [0.3, 0.4) is 0 Å².